The molecule has 1 aliphatic carbocycles. The molecule has 5 rings (SSSR count). The Kier molecular flexibility index (Phi) is 3.09. The summed E-state index contributed by atoms with van der Waals surface area (Å²) in [6.45, 7) is 6.47. The van der Waals surface area contributed by atoms with E-state index >= 15 is 0 Å². The van der Waals surface area contributed by atoms with Gasteiger partial charge in [0.05, 0.1) is 12.2 Å². The highest BCUT2D eigenvalue weighted by Gasteiger charge is 2.43. The summed E-state index contributed by atoms with van der Waals surface area (Å²) in [5, 5.41) is 15.9. The van der Waals surface area contributed by atoms with E-state index in [0.717, 1.165) is 42.1 Å². The lowest BCUT2D eigenvalue weighted by Gasteiger charge is -2.39. The third-order valence-electron chi connectivity index (χ3n) is 5.59. The Bertz CT molecular complexity index is 1010. The molecule has 3 aromatic heterocycles. The lowest BCUT2D eigenvalue weighted by atomic mass is 9.76. The Morgan fingerprint density at radius 3 is 3.04 bits per heavy atom. The molecule has 0 saturated heterocycles. The van der Waals surface area contributed by atoms with Gasteiger partial charge in [0.25, 0.3) is 0 Å². The van der Waals surface area contributed by atoms with Crippen LogP contribution in [0.1, 0.15) is 33.8 Å². The van der Waals surface area contributed by atoms with Crippen LogP contribution in [0.4, 0.5) is 0 Å². The maximum absolute atomic E-state index is 11.2. The van der Waals surface area contributed by atoms with Crippen molar-refractivity contribution in [2.75, 3.05) is 6.54 Å². The molecule has 1 unspecified atom stereocenters. The molecule has 25 heavy (non-hydrogen) atoms. The highest BCUT2D eigenvalue weighted by molar-refractivity contribution is 5.83. The first-order valence-electron chi connectivity index (χ1n) is 8.92. The number of aryl methyl sites for hydroxylation is 2. The van der Waals surface area contributed by atoms with Gasteiger partial charge in [-0.3, -0.25) is 4.98 Å². The van der Waals surface area contributed by atoms with E-state index in [1.54, 1.807) is 0 Å². The van der Waals surface area contributed by atoms with Crippen molar-refractivity contribution in [3.63, 3.8) is 0 Å². The van der Waals surface area contributed by atoms with Gasteiger partial charge in [-0.25, -0.2) is 4.98 Å². The Morgan fingerprint density at radius 2 is 2.20 bits per heavy atom. The van der Waals surface area contributed by atoms with E-state index in [-0.39, 0.29) is 0 Å². The van der Waals surface area contributed by atoms with E-state index in [1.165, 1.54) is 22.2 Å². The Labute approximate surface area is 146 Å². The molecule has 3 aromatic rings. The minimum Gasteiger partial charge on any atom is -0.383 e. The lowest BCUT2D eigenvalue weighted by molar-refractivity contribution is -0.00687. The summed E-state index contributed by atoms with van der Waals surface area (Å²) in [6.07, 6.45) is 3.50. The smallest absolute Gasteiger partial charge is 0.140 e. The molecule has 5 heteroatoms. The zero-order valence-corrected chi connectivity index (χ0v) is 14.6. The summed E-state index contributed by atoms with van der Waals surface area (Å²) in [5.41, 5.74) is 6.97. The number of pyridine rings is 2. The first-order chi connectivity index (χ1) is 12.0. The van der Waals surface area contributed by atoms with Crippen molar-refractivity contribution in [2.45, 2.75) is 45.4 Å². The lowest BCUT2D eigenvalue weighted by Crippen LogP contribution is -2.44. The van der Waals surface area contributed by atoms with Crippen LogP contribution in [0.5, 0.6) is 0 Å². The van der Waals surface area contributed by atoms with Crippen LogP contribution >= 0.6 is 0 Å². The number of aliphatic hydroxyl groups is 1. The molecule has 1 atom stereocenters. The van der Waals surface area contributed by atoms with E-state index in [2.05, 4.69) is 27.9 Å². The number of hydrogen-bond donors (Lipinski definition) is 2. The molecule has 0 amide bonds. The molecule has 0 bridgehead atoms. The summed E-state index contributed by atoms with van der Waals surface area (Å²) < 4.78 is 2.24. The average Bonchev–Trinajstić information content (AvgIpc) is 2.88. The summed E-state index contributed by atoms with van der Waals surface area (Å²) in [5.74, 6) is 0. The van der Waals surface area contributed by atoms with Crippen molar-refractivity contribution < 1.29 is 5.11 Å². The average molecular weight is 334 g/mol. The second-order valence-electron chi connectivity index (χ2n) is 7.48. The van der Waals surface area contributed by atoms with Crippen LogP contribution in [-0.2, 0) is 31.5 Å². The summed E-state index contributed by atoms with van der Waals surface area (Å²) in [7, 11) is 0. The monoisotopic (exact) mass is 334 g/mol. The van der Waals surface area contributed by atoms with E-state index in [9.17, 15) is 5.11 Å². The standard InChI is InChI=1S/C20H22N4O/c1-12-7-14-15-10-21-6-5-18(15)24(19(14)22-9-12)11-20(25)8-17-16(20)4-3-13(2)23-17/h3-4,7,9,21,25H,5-6,8,10-11H2,1-2H3. The van der Waals surface area contributed by atoms with Gasteiger partial charge in [0, 0.05) is 54.5 Å². The molecule has 1 aliphatic heterocycles. The first kappa shape index (κ1) is 15.0. The molecule has 4 heterocycles. The molecular formula is C20H22N4O. The van der Waals surface area contributed by atoms with Gasteiger partial charge < -0.3 is 15.0 Å². The van der Waals surface area contributed by atoms with Crippen LogP contribution in [0.25, 0.3) is 11.0 Å². The summed E-state index contributed by atoms with van der Waals surface area (Å²) in [6, 6.07) is 6.23. The molecule has 0 fully saturated rings. The van der Waals surface area contributed by atoms with Gasteiger partial charge in [-0.15, -0.1) is 0 Å². The van der Waals surface area contributed by atoms with Crippen molar-refractivity contribution in [2.24, 2.45) is 0 Å². The van der Waals surface area contributed by atoms with E-state index in [0.29, 0.717) is 13.0 Å². The second-order valence-corrected chi connectivity index (χ2v) is 7.48. The quantitative estimate of drug-likeness (QED) is 0.754. The third kappa shape index (κ3) is 2.16. The predicted molar refractivity (Wildman–Crippen MR) is 96.5 cm³/mol. The van der Waals surface area contributed by atoms with Gasteiger partial charge in [-0.2, -0.15) is 0 Å². The van der Waals surface area contributed by atoms with Crippen LogP contribution in [0.3, 0.4) is 0 Å². The van der Waals surface area contributed by atoms with Gasteiger partial charge in [0.15, 0.2) is 0 Å². The molecule has 0 saturated carbocycles. The van der Waals surface area contributed by atoms with Crippen LogP contribution in [0.2, 0.25) is 0 Å². The van der Waals surface area contributed by atoms with Crippen molar-refractivity contribution in [3.05, 3.63) is 58.2 Å². The Hall–Kier alpha value is -2.24. The number of rotatable bonds is 2. The minimum atomic E-state index is -0.840. The largest absolute Gasteiger partial charge is 0.383 e. The van der Waals surface area contributed by atoms with Gasteiger partial charge in [-0.1, -0.05) is 6.07 Å². The predicted octanol–water partition coefficient (Wildman–Crippen LogP) is 2.14. The number of nitrogens with one attached hydrogen (secondary N) is 1. The molecule has 5 nitrogen and oxygen atoms in total. The zero-order chi connectivity index (χ0) is 17.2. The van der Waals surface area contributed by atoms with E-state index in [4.69, 9.17) is 4.98 Å². The fraction of sp³-hybridized carbons (Fsp3) is 0.400. The zero-order valence-electron chi connectivity index (χ0n) is 14.6. The number of fused-ring (bicyclic) bond motifs is 4. The van der Waals surface area contributed by atoms with Crippen LogP contribution < -0.4 is 5.32 Å². The molecule has 2 N–H and O–H groups in total. The van der Waals surface area contributed by atoms with E-state index < -0.39 is 5.60 Å². The Balaban J connectivity index is 1.63. The van der Waals surface area contributed by atoms with Gasteiger partial charge in [-0.05, 0) is 37.1 Å². The van der Waals surface area contributed by atoms with Crippen LogP contribution in [0.15, 0.2) is 24.4 Å². The number of aromatic nitrogens is 3. The normalized spacial score (nSPS) is 21.7. The third-order valence-corrected chi connectivity index (χ3v) is 5.59. The second kappa shape index (κ2) is 5.13. The number of nitrogens with zero attached hydrogens (tertiary/aromatic N) is 3. The first-order valence-corrected chi connectivity index (χ1v) is 8.92. The van der Waals surface area contributed by atoms with E-state index in [1.807, 2.05) is 25.3 Å². The molecule has 2 aliphatic rings. The van der Waals surface area contributed by atoms with Crippen LogP contribution in [-0.4, -0.2) is 26.2 Å². The molecular weight excluding hydrogens is 312 g/mol. The fourth-order valence-corrected chi connectivity index (χ4v) is 4.36. The van der Waals surface area contributed by atoms with Crippen LogP contribution in [0, 0.1) is 13.8 Å². The van der Waals surface area contributed by atoms with Crippen molar-refractivity contribution >= 4 is 11.0 Å². The highest BCUT2D eigenvalue weighted by atomic mass is 16.3. The molecule has 128 valence electrons. The highest BCUT2D eigenvalue weighted by Crippen LogP contribution is 2.41. The summed E-state index contributed by atoms with van der Waals surface area (Å²) >= 11 is 0. The summed E-state index contributed by atoms with van der Waals surface area (Å²) in [4.78, 5) is 9.26. The maximum atomic E-state index is 11.2. The Morgan fingerprint density at radius 1 is 1.32 bits per heavy atom. The molecule has 0 radical (unpaired) electrons. The SMILES string of the molecule is Cc1cnc2c(c1)c1c(n2CC2(O)Cc3nc(C)ccc32)CCNC1. The van der Waals surface area contributed by atoms with Crippen molar-refractivity contribution in [3.8, 4) is 0 Å². The minimum absolute atomic E-state index is 0.548. The van der Waals surface area contributed by atoms with Crippen molar-refractivity contribution in [1.82, 2.24) is 19.9 Å². The maximum Gasteiger partial charge on any atom is 0.140 e. The molecule has 0 aromatic carbocycles. The molecule has 0 spiro atoms. The van der Waals surface area contributed by atoms with Gasteiger partial charge in [0.1, 0.15) is 11.2 Å². The van der Waals surface area contributed by atoms with Gasteiger partial charge >= 0.3 is 0 Å². The van der Waals surface area contributed by atoms with Gasteiger partial charge in [0.2, 0.25) is 0 Å². The topological polar surface area (TPSA) is 63.0 Å². The number of hydrogen-bond acceptors (Lipinski definition) is 4. The fourth-order valence-electron chi connectivity index (χ4n) is 4.36. The van der Waals surface area contributed by atoms with Crippen molar-refractivity contribution in [1.29, 1.82) is 0 Å².